The molecule has 0 radical (unpaired) electrons. The van der Waals surface area contributed by atoms with Crippen molar-refractivity contribution in [2.24, 2.45) is 0 Å². The molecule has 0 unspecified atom stereocenters. The smallest absolute Gasteiger partial charge is 0.137 e. The molecule has 1 aliphatic carbocycles. The Morgan fingerprint density at radius 3 is 1.88 bits per heavy atom. The minimum absolute atomic E-state index is 0.177. The predicted octanol–water partition coefficient (Wildman–Crippen LogP) is 12.0. The van der Waals surface area contributed by atoms with Gasteiger partial charge in [-0.2, -0.15) is 0 Å². The Balaban J connectivity index is 1.14. The normalized spacial score (nSPS) is 13.2. The molecule has 9 aromatic rings. The molecule has 1 aliphatic rings. The van der Waals surface area contributed by atoms with Gasteiger partial charge in [-0.25, -0.2) is 9.97 Å². The fraction of sp³-hybridized carbons (Fsp3) is 0.0638. The van der Waals surface area contributed by atoms with Crippen molar-refractivity contribution >= 4 is 32.6 Å². The van der Waals surface area contributed by atoms with Crippen LogP contribution in [-0.2, 0) is 5.41 Å². The molecule has 0 bridgehead atoms. The van der Waals surface area contributed by atoms with Crippen LogP contribution in [0.15, 0.2) is 164 Å². The first-order chi connectivity index (χ1) is 24.6. The van der Waals surface area contributed by atoms with E-state index in [2.05, 4.69) is 170 Å². The van der Waals surface area contributed by atoms with Gasteiger partial charge in [0.25, 0.3) is 0 Å². The number of para-hydroxylation sites is 1. The number of benzene rings is 6. The van der Waals surface area contributed by atoms with Crippen LogP contribution >= 0.6 is 0 Å². The first kappa shape index (κ1) is 28.7. The van der Waals surface area contributed by atoms with Crippen molar-refractivity contribution in [3.05, 3.63) is 175 Å². The molecule has 0 spiro atoms. The van der Waals surface area contributed by atoms with Gasteiger partial charge in [0.1, 0.15) is 5.82 Å². The third-order valence-corrected chi connectivity index (χ3v) is 10.6. The maximum atomic E-state index is 5.14. The molecule has 0 saturated carbocycles. The summed E-state index contributed by atoms with van der Waals surface area (Å²) in [6, 6.07) is 56.3. The molecule has 0 N–H and O–H groups in total. The van der Waals surface area contributed by atoms with Crippen LogP contribution in [0, 0.1) is 0 Å². The second-order valence-electron chi connectivity index (χ2n) is 13.8. The van der Waals surface area contributed by atoms with E-state index in [-0.39, 0.29) is 5.41 Å². The van der Waals surface area contributed by atoms with E-state index in [1.807, 2.05) is 12.3 Å². The number of hydrogen-bond donors (Lipinski definition) is 0. The summed E-state index contributed by atoms with van der Waals surface area (Å²) in [5.41, 5.74) is 13.8. The van der Waals surface area contributed by atoms with Crippen molar-refractivity contribution in [3.63, 3.8) is 0 Å². The molecule has 0 saturated heterocycles. The minimum atomic E-state index is -0.177. The molecule has 3 aromatic heterocycles. The van der Waals surface area contributed by atoms with Crippen molar-refractivity contribution in [2.45, 2.75) is 19.3 Å². The van der Waals surface area contributed by atoms with Crippen molar-refractivity contribution in [1.82, 2.24) is 14.5 Å². The Hall–Kier alpha value is -6.32. The van der Waals surface area contributed by atoms with Crippen LogP contribution in [0.3, 0.4) is 0 Å². The second-order valence-corrected chi connectivity index (χ2v) is 13.8. The monoisotopic (exact) mass is 639 g/mol. The molecular weight excluding hydrogens is 607 g/mol. The van der Waals surface area contributed by atoms with Gasteiger partial charge >= 0.3 is 0 Å². The SMILES string of the molecule is CC1(C)c2c(ccc3ccccc23)-c2ccc3c(c21)c1ccccc1n3-c1ccc(-c2cc(-c3ccccc3)cc(-c3ccccc3)n2)cn1. The van der Waals surface area contributed by atoms with Gasteiger partial charge in [-0.1, -0.05) is 135 Å². The van der Waals surface area contributed by atoms with Gasteiger partial charge in [0, 0.05) is 33.5 Å². The maximum absolute atomic E-state index is 5.14. The topological polar surface area (TPSA) is 30.7 Å². The van der Waals surface area contributed by atoms with Gasteiger partial charge in [0.15, 0.2) is 0 Å². The molecule has 6 aromatic carbocycles. The molecule has 0 amide bonds. The second kappa shape index (κ2) is 10.8. The lowest BCUT2D eigenvalue weighted by Crippen LogP contribution is -2.16. The van der Waals surface area contributed by atoms with Gasteiger partial charge in [-0.05, 0) is 80.6 Å². The zero-order valence-corrected chi connectivity index (χ0v) is 27.9. The summed E-state index contributed by atoms with van der Waals surface area (Å²) in [5.74, 6) is 0.890. The van der Waals surface area contributed by atoms with Gasteiger partial charge in [0.2, 0.25) is 0 Å². The van der Waals surface area contributed by atoms with Crippen LogP contribution < -0.4 is 0 Å². The Morgan fingerprint density at radius 1 is 0.480 bits per heavy atom. The number of hydrogen-bond acceptors (Lipinski definition) is 2. The quantitative estimate of drug-likeness (QED) is 0.192. The predicted molar refractivity (Wildman–Crippen MR) is 208 cm³/mol. The molecule has 3 heteroatoms. The third kappa shape index (κ3) is 4.23. The molecule has 3 nitrogen and oxygen atoms in total. The molecule has 0 atom stereocenters. The Bertz CT molecular complexity index is 2700. The van der Waals surface area contributed by atoms with E-state index < -0.39 is 0 Å². The van der Waals surface area contributed by atoms with Gasteiger partial charge in [-0.15, -0.1) is 0 Å². The van der Waals surface area contributed by atoms with Crippen LogP contribution in [0.5, 0.6) is 0 Å². The average molecular weight is 640 g/mol. The minimum Gasteiger partial charge on any atom is -0.294 e. The van der Waals surface area contributed by atoms with E-state index in [9.17, 15) is 0 Å². The lowest BCUT2D eigenvalue weighted by molar-refractivity contribution is 0.672. The zero-order chi connectivity index (χ0) is 33.4. The molecule has 10 rings (SSSR count). The van der Waals surface area contributed by atoms with Gasteiger partial charge in [0.05, 0.1) is 22.4 Å². The lowest BCUT2D eigenvalue weighted by Gasteiger charge is -2.24. The maximum Gasteiger partial charge on any atom is 0.137 e. The molecule has 3 heterocycles. The van der Waals surface area contributed by atoms with Crippen molar-refractivity contribution < 1.29 is 0 Å². The highest BCUT2D eigenvalue weighted by atomic mass is 15.1. The Kier molecular flexibility index (Phi) is 6.22. The lowest BCUT2D eigenvalue weighted by atomic mass is 9.78. The number of aromatic nitrogens is 3. The highest BCUT2D eigenvalue weighted by Crippen LogP contribution is 2.55. The zero-order valence-electron chi connectivity index (χ0n) is 27.9. The van der Waals surface area contributed by atoms with Crippen molar-refractivity contribution in [3.8, 4) is 50.6 Å². The van der Waals surface area contributed by atoms with Crippen molar-refractivity contribution in [1.29, 1.82) is 0 Å². The fourth-order valence-corrected chi connectivity index (χ4v) is 8.38. The summed E-state index contributed by atoms with van der Waals surface area (Å²) >= 11 is 0. The van der Waals surface area contributed by atoms with Crippen LogP contribution in [0.4, 0.5) is 0 Å². The summed E-state index contributed by atoms with van der Waals surface area (Å²) in [5, 5.41) is 5.18. The summed E-state index contributed by atoms with van der Waals surface area (Å²) in [4.78, 5) is 10.3. The number of nitrogens with zero attached hydrogens (tertiary/aromatic N) is 3. The fourth-order valence-electron chi connectivity index (χ4n) is 8.38. The number of fused-ring (bicyclic) bond motifs is 9. The van der Waals surface area contributed by atoms with Crippen LogP contribution in [-0.4, -0.2) is 14.5 Å². The van der Waals surface area contributed by atoms with E-state index in [0.717, 1.165) is 45.0 Å². The summed E-state index contributed by atoms with van der Waals surface area (Å²) < 4.78 is 2.33. The molecule has 50 heavy (non-hydrogen) atoms. The molecular formula is C47H33N3. The van der Waals surface area contributed by atoms with E-state index in [1.165, 1.54) is 49.3 Å². The number of pyridine rings is 2. The highest BCUT2D eigenvalue weighted by molar-refractivity contribution is 6.15. The Morgan fingerprint density at radius 2 is 1.12 bits per heavy atom. The van der Waals surface area contributed by atoms with Crippen molar-refractivity contribution in [2.75, 3.05) is 0 Å². The molecule has 0 fully saturated rings. The van der Waals surface area contributed by atoms with Crippen LogP contribution in [0.1, 0.15) is 25.0 Å². The number of rotatable bonds is 4. The largest absolute Gasteiger partial charge is 0.294 e. The average Bonchev–Trinajstić information content (AvgIpc) is 3.64. The third-order valence-electron chi connectivity index (χ3n) is 10.6. The first-order valence-corrected chi connectivity index (χ1v) is 17.3. The van der Waals surface area contributed by atoms with Crippen LogP contribution in [0.25, 0.3) is 83.2 Å². The van der Waals surface area contributed by atoms with E-state index in [0.29, 0.717) is 0 Å². The Labute approximate surface area is 291 Å². The summed E-state index contributed by atoms with van der Waals surface area (Å²) in [7, 11) is 0. The summed E-state index contributed by atoms with van der Waals surface area (Å²) in [6.07, 6.45) is 1.97. The molecule has 236 valence electrons. The summed E-state index contributed by atoms with van der Waals surface area (Å²) in [6.45, 7) is 4.78. The van der Waals surface area contributed by atoms with Gasteiger partial charge in [-0.3, -0.25) is 4.57 Å². The van der Waals surface area contributed by atoms with E-state index in [4.69, 9.17) is 9.97 Å². The first-order valence-electron chi connectivity index (χ1n) is 17.3. The van der Waals surface area contributed by atoms with E-state index >= 15 is 0 Å². The van der Waals surface area contributed by atoms with Gasteiger partial charge < -0.3 is 0 Å². The van der Waals surface area contributed by atoms with E-state index in [1.54, 1.807) is 0 Å². The standard InChI is InChI=1S/C47H33N3/c1-47(2)45-35-18-10-9-15-31(35)21-23-36(45)37-24-25-42-44(46(37)47)38-19-11-12-20-41(38)50(42)43-26-22-33(29-48-43)40-28-34(30-13-5-3-6-14-30)27-39(49-40)32-16-7-4-8-17-32/h3-29H,1-2H3. The highest BCUT2D eigenvalue weighted by Gasteiger charge is 2.39. The van der Waals surface area contributed by atoms with Crippen LogP contribution in [0.2, 0.25) is 0 Å². The molecule has 0 aliphatic heterocycles.